The number of fused-ring (bicyclic) bond motifs is 1. The zero-order valence-electron chi connectivity index (χ0n) is 14.9. The zero-order chi connectivity index (χ0) is 17.2. The maximum Gasteiger partial charge on any atom is 0.133 e. The van der Waals surface area contributed by atoms with Gasteiger partial charge >= 0.3 is 0 Å². The third-order valence-electron chi connectivity index (χ3n) is 4.87. The number of nitrogens with one attached hydrogen (secondary N) is 1. The quantitative estimate of drug-likeness (QED) is 0.781. The Kier molecular flexibility index (Phi) is 4.26. The van der Waals surface area contributed by atoms with Gasteiger partial charge in [0.15, 0.2) is 0 Å². The molecule has 25 heavy (non-hydrogen) atoms. The minimum atomic E-state index is 0.781. The fraction of sp³-hybridized carbons (Fsp3) is 0.333. The van der Waals surface area contributed by atoms with Crippen LogP contribution in [0.25, 0.3) is 5.69 Å². The molecule has 0 saturated carbocycles. The highest BCUT2D eigenvalue weighted by molar-refractivity contribution is 5.56. The van der Waals surface area contributed by atoms with Crippen molar-refractivity contribution in [1.82, 2.24) is 14.8 Å². The minimum Gasteiger partial charge on any atom is -0.370 e. The summed E-state index contributed by atoms with van der Waals surface area (Å²) in [6.45, 7) is 5.29. The highest BCUT2D eigenvalue weighted by atomic mass is 15.3. The lowest BCUT2D eigenvalue weighted by atomic mass is 10.1. The molecule has 1 N–H and O–H groups in total. The fourth-order valence-electron chi connectivity index (χ4n) is 3.61. The van der Waals surface area contributed by atoms with Gasteiger partial charge < -0.3 is 5.32 Å². The Morgan fingerprint density at radius 2 is 2.04 bits per heavy atom. The first-order valence-electron chi connectivity index (χ1n) is 9.04. The van der Waals surface area contributed by atoms with Crippen molar-refractivity contribution < 1.29 is 0 Å². The molecule has 4 heteroatoms. The van der Waals surface area contributed by atoms with Crippen LogP contribution in [0.15, 0.2) is 42.6 Å². The molecule has 1 aromatic carbocycles. The molecule has 0 unspecified atom stereocenters. The lowest BCUT2D eigenvalue weighted by Gasteiger charge is -2.12. The van der Waals surface area contributed by atoms with Crippen molar-refractivity contribution in [3.05, 3.63) is 70.7 Å². The number of aromatic nitrogens is 3. The molecule has 0 fully saturated rings. The molecular formula is C21H24N4. The molecule has 0 aliphatic carbocycles. The molecule has 1 aliphatic rings. The number of rotatable bonds is 3. The summed E-state index contributed by atoms with van der Waals surface area (Å²) in [6, 6.07) is 12.6. The predicted octanol–water partition coefficient (Wildman–Crippen LogP) is 4.22. The lowest BCUT2D eigenvalue weighted by molar-refractivity contribution is 0.765. The molecule has 4 rings (SSSR count). The zero-order valence-corrected chi connectivity index (χ0v) is 14.9. The van der Waals surface area contributed by atoms with E-state index in [4.69, 9.17) is 5.10 Å². The van der Waals surface area contributed by atoms with Crippen LogP contribution in [0.3, 0.4) is 0 Å². The molecular weight excluding hydrogens is 308 g/mol. The van der Waals surface area contributed by atoms with Crippen LogP contribution in [0.4, 0.5) is 5.82 Å². The van der Waals surface area contributed by atoms with E-state index >= 15 is 0 Å². The summed E-state index contributed by atoms with van der Waals surface area (Å²) in [7, 11) is 0. The van der Waals surface area contributed by atoms with Crippen molar-refractivity contribution >= 4 is 5.82 Å². The van der Waals surface area contributed by atoms with Crippen LogP contribution >= 0.6 is 0 Å². The maximum atomic E-state index is 5.00. The Hall–Kier alpha value is -2.62. The number of benzene rings is 1. The molecule has 0 spiro atoms. The summed E-state index contributed by atoms with van der Waals surface area (Å²) in [6.07, 6.45) is 6.11. The Morgan fingerprint density at radius 1 is 1.12 bits per heavy atom. The summed E-state index contributed by atoms with van der Waals surface area (Å²) in [4.78, 5) is 4.49. The predicted molar refractivity (Wildman–Crippen MR) is 102 cm³/mol. The van der Waals surface area contributed by atoms with Gasteiger partial charge in [0.1, 0.15) is 5.82 Å². The summed E-state index contributed by atoms with van der Waals surface area (Å²) < 4.78 is 2.10. The van der Waals surface area contributed by atoms with Crippen LogP contribution in [0.1, 0.15) is 40.9 Å². The third kappa shape index (κ3) is 3.16. The minimum absolute atomic E-state index is 0.781. The number of pyridine rings is 1. The van der Waals surface area contributed by atoms with Gasteiger partial charge in [-0.2, -0.15) is 5.10 Å². The highest BCUT2D eigenvalue weighted by Crippen LogP contribution is 2.30. The number of anilines is 1. The van der Waals surface area contributed by atoms with Gasteiger partial charge in [-0.15, -0.1) is 0 Å². The standard InChI is InChI=1S/C21H24N4/c1-15-9-10-20(16(2)13-15)25-21-18(8-4-6-12-23-21)19(24-25)14-17-7-3-5-11-22-17/h3,5,7,9-11,13,23H,4,6,8,12,14H2,1-2H3. The Balaban J connectivity index is 1.81. The monoisotopic (exact) mass is 332 g/mol. The Morgan fingerprint density at radius 3 is 2.84 bits per heavy atom. The highest BCUT2D eigenvalue weighted by Gasteiger charge is 2.21. The van der Waals surface area contributed by atoms with E-state index < -0.39 is 0 Å². The fourth-order valence-corrected chi connectivity index (χ4v) is 3.61. The second-order valence-corrected chi connectivity index (χ2v) is 6.86. The topological polar surface area (TPSA) is 42.7 Å². The first-order chi connectivity index (χ1) is 12.2. The van der Waals surface area contributed by atoms with Gasteiger partial charge in [-0.3, -0.25) is 4.98 Å². The summed E-state index contributed by atoms with van der Waals surface area (Å²) in [5, 5.41) is 8.62. The van der Waals surface area contributed by atoms with E-state index in [9.17, 15) is 0 Å². The Labute approximate surface area is 148 Å². The van der Waals surface area contributed by atoms with Crippen molar-refractivity contribution in [3.63, 3.8) is 0 Å². The molecule has 0 atom stereocenters. The number of hydrogen-bond acceptors (Lipinski definition) is 3. The smallest absolute Gasteiger partial charge is 0.133 e. The second-order valence-electron chi connectivity index (χ2n) is 6.86. The van der Waals surface area contributed by atoms with E-state index in [1.54, 1.807) is 0 Å². The second kappa shape index (κ2) is 6.71. The molecule has 3 aromatic rings. The van der Waals surface area contributed by atoms with Crippen LogP contribution in [0.2, 0.25) is 0 Å². The summed E-state index contributed by atoms with van der Waals surface area (Å²) in [5.74, 6) is 1.16. The lowest BCUT2D eigenvalue weighted by Crippen LogP contribution is -2.08. The molecule has 3 heterocycles. The van der Waals surface area contributed by atoms with Gasteiger partial charge in [0.25, 0.3) is 0 Å². The van der Waals surface area contributed by atoms with E-state index in [1.807, 2.05) is 18.3 Å². The molecule has 2 aromatic heterocycles. The van der Waals surface area contributed by atoms with Gasteiger partial charge in [-0.25, -0.2) is 4.68 Å². The van der Waals surface area contributed by atoms with Crippen molar-refractivity contribution in [2.45, 2.75) is 39.5 Å². The number of nitrogens with zero attached hydrogens (tertiary/aromatic N) is 3. The molecule has 0 bridgehead atoms. The molecule has 1 aliphatic heterocycles. The summed E-state index contributed by atoms with van der Waals surface area (Å²) >= 11 is 0. The third-order valence-corrected chi connectivity index (χ3v) is 4.87. The normalized spacial score (nSPS) is 13.8. The van der Waals surface area contributed by atoms with Crippen molar-refractivity contribution in [2.75, 3.05) is 11.9 Å². The Bertz CT molecular complexity index is 880. The van der Waals surface area contributed by atoms with E-state index in [2.05, 4.69) is 53.1 Å². The summed E-state index contributed by atoms with van der Waals surface area (Å²) in [5.41, 5.74) is 7.25. The molecule has 0 radical (unpaired) electrons. The van der Waals surface area contributed by atoms with Crippen LogP contribution in [0.5, 0.6) is 0 Å². The van der Waals surface area contributed by atoms with Gasteiger partial charge in [-0.1, -0.05) is 23.8 Å². The van der Waals surface area contributed by atoms with Crippen LogP contribution in [-0.4, -0.2) is 21.3 Å². The molecule has 4 nitrogen and oxygen atoms in total. The number of hydrogen-bond donors (Lipinski definition) is 1. The maximum absolute atomic E-state index is 5.00. The average Bonchev–Trinajstić information content (AvgIpc) is 2.79. The van der Waals surface area contributed by atoms with Crippen molar-refractivity contribution in [3.8, 4) is 5.69 Å². The van der Waals surface area contributed by atoms with Crippen molar-refractivity contribution in [2.24, 2.45) is 0 Å². The van der Waals surface area contributed by atoms with Gasteiger partial charge in [-0.05, 0) is 56.9 Å². The van der Waals surface area contributed by atoms with Crippen molar-refractivity contribution in [1.29, 1.82) is 0 Å². The van der Waals surface area contributed by atoms with Gasteiger partial charge in [0.2, 0.25) is 0 Å². The van der Waals surface area contributed by atoms with E-state index in [0.29, 0.717) is 0 Å². The van der Waals surface area contributed by atoms with Crippen LogP contribution in [0, 0.1) is 13.8 Å². The first kappa shape index (κ1) is 15.9. The van der Waals surface area contributed by atoms with E-state index in [1.165, 1.54) is 29.5 Å². The van der Waals surface area contributed by atoms with Gasteiger partial charge in [0.05, 0.1) is 11.4 Å². The first-order valence-corrected chi connectivity index (χ1v) is 9.04. The van der Waals surface area contributed by atoms with Gasteiger partial charge in [0, 0.05) is 30.4 Å². The van der Waals surface area contributed by atoms with Crippen LogP contribution in [-0.2, 0) is 12.8 Å². The molecule has 128 valence electrons. The molecule has 0 amide bonds. The molecule has 0 saturated heterocycles. The SMILES string of the molecule is Cc1ccc(-n2nc(Cc3ccccn3)c3c2NCCCC3)c(C)c1. The van der Waals surface area contributed by atoms with E-state index in [0.717, 1.165) is 42.3 Å². The van der Waals surface area contributed by atoms with E-state index in [-0.39, 0.29) is 0 Å². The average molecular weight is 332 g/mol. The van der Waals surface area contributed by atoms with Crippen LogP contribution < -0.4 is 5.32 Å². The largest absolute Gasteiger partial charge is 0.370 e. The number of aryl methyl sites for hydroxylation is 2.